The number of hydrogen-bond donors (Lipinski definition) is 1. The number of urea groups is 1. The van der Waals surface area contributed by atoms with Gasteiger partial charge in [-0.2, -0.15) is 0 Å². The Hall–Kier alpha value is -0.970. The molecule has 0 unspecified atom stereocenters. The number of carboxylic acids is 1. The highest BCUT2D eigenvalue weighted by Crippen LogP contribution is 2.16. The third-order valence-corrected chi connectivity index (χ3v) is 2.35. The minimum atomic E-state index is -1.19. The number of aliphatic carboxylic acids is 1. The van der Waals surface area contributed by atoms with E-state index in [0.29, 0.717) is 31.8 Å². The SMILES string of the molecule is O=C([O-])[C@@H]1CCCN1C(=O)NCCCl. The highest BCUT2D eigenvalue weighted by molar-refractivity contribution is 6.18. The summed E-state index contributed by atoms with van der Waals surface area (Å²) in [5, 5.41) is 13.2. The van der Waals surface area contributed by atoms with Gasteiger partial charge >= 0.3 is 6.03 Å². The Labute approximate surface area is 87.0 Å². The molecule has 1 rings (SSSR count). The summed E-state index contributed by atoms with van der Waals surface area (Å²) >= 11 is 5.39. The van der Waals surface area contributed by atoms with Crippen molar-refractivity contribution in [2.24, 2.45) is 0 Å². The molecule has 0 aliphatic carbocycles. The van der Waals surface area contributed by atoms with E-state index in [0.717, 1.165) is 0 Å². The average Bonchev–Trinajstić information content (AvgIpc) is 2.62. The van der Waals surface area contributed by atoms with Crippen LogP contribution in [0.3, 0.4) is 0 Å². The van der Waals surface area contributed by atoms with E-state index in [1.165, 1.54) is 4.90 Å². The number of carbonyl (C=O) groups is 2. The van der Waals surface area contributed by atoms with E-state index in [1.54, 1.807) is 0 Å². The third-order valence-electron chi connectivity index (χ3n) is 2.16. The van der Waals surface area contributed by atoms with Gasteiger partial charge in [-0.15, -0.1) is 11.6 Å². The number of halogens is 1. The van der Waals surface area contributed by atoms with Gasteiger partial charge in [0.25, 0.3) is 0 Å². The number of rotatable bonds is 3. The van der Waals surface area contributed by atoms with Gasteiger partial charge in [-0.25, -0.2) is 4.79 Å². The van der Waals surface area contributed by atoms with E-state index in [-0.39, 0.29) is 6.03 Å². The van der Waals surface area contributed by atoms with E-state index in [2.05, 4.69) is 5.32 Å². The van der Waals surface area contributed by atoms with Crippen LogP contribution < -0.4 is 10.4 Å². The highest BCUT2D eigenvalue weighted by Gasteiger charge is 2.29. The normalized spacial score (nSPS) is 20.9. The van der Waals surface area contributed by atoms with Gasteiger partial charge in [0.1, 0.15) is 0 Å². The second-order valence-electron chi connectivity index (χ2n) is 3.09. The maximum Gasteiger partial charge on any atom is 0.317 e. The highest BCUT2D eigenvalue weighted by atomic mass is 35.5. The molecule has 0 radical (unpaired) electrons. The van der Waals surface area contributed by atoms with Crippen LogP contribution in [0.2, 0.25) is 0 Å². The van der Waals surface area contributed by atoms with Gasteiger partial charge in [0.2, 0.25) is 0 Å². The van der Waals surface area contributed by atoms with Crippen LogP contribution in [0.1, 0.15) is 12.8 Å². The molecule has 0 aromatic rings. The summed E-state index contributed by atoms with van der Waals surface area (Å²) in [5.74, 6) is -0.876. The number of alkyl halides is 1. The molecule has 14 heavy (non-hydrogen) atoms. The van der Waals surface area contributed by atoms with E-state index >= 15 is 0 Å². The first-order valence-corrected chi connectivity index (χ1v) is 5.01. The lowest BCUT2D eigenvalue weighted by molar-refractivity contribution is -0.310. The molecule has 0 saturated carbocycles. The fourth-order valence-electron chi connectivity index (χ4n) is 1.51. The zero-order valence-electron chi connectivity index (χ0n) is 7.66. The predicted octanol–water partition coefficient (Wildman–Crippen LogP) is -0.851. The van der Waals surface area contributed by atoms with Gasteiger partial charge in [-0.05, 0) is 12.8 Å². The van der Waals surface area contributed by atoms with Crippen LogP contribution in [-0.2, 0) is 4.79 Å². The molecule has 1 heterocycles. The van der Waals surface area contributed by atoms with Crippen molar-refractivity contribution in [3.05, 3.63) is 0 Å². The summed E-state index contributed by atoms with van der Waals surface area (Å²) < 4.78 is 0. The molecular weight excluding hydrogens is 208 g/mol. The van der Waals surface area contributed by atoms with Gasteiger partial charge in [0.05, 0.1) is 12.0 Å². The van der Waals surface area contributed by atoms with E-state index in [4.69, 9.17) is 11.6 Å². The van der Waals surface area contributed by atoms with Crippen LogP contribution in [-0.4, -0.2) is 41.9 Å². The lowest BCUT2D eigenvalue weighted by Gasteiger charge is -2.25. The van der Waals surface area contributed by atoms with E-state index in [9.17, 15) is 14.7 Å². The van der Waals surface area contributed by atoms with Crippen LogP contribution in [0, 0.1) is 0 Å². The van der Waals surface area contributed by atoms with Crippen molar-refractivity contribution in [2.45, 2.75) is 18.9 Å². The number of hydrogen-bond acceptors (Lipinski definition) is 3. The van der Waals surface area contributed by atoms with Gasteiger partial charge in [0.15, 0.2) is 0 Å². The molecule has 1 atom stereocenters. The molecular formula is C8H12ClN2O3-. The lowest BCUT2D eigenvalue weighted by Crippen LogP contribution is -2.50. The van der Waals surface area contributed by atoms with Crippen molar-refractivity contribution >= 4 is 23.6 Å². The number of carbonyl (C=O) groups excluding carboxylic acids is 2. The third kappa shape index (κ3) is 2.51. The smallest absolute Gasteiger partial charge is 0.317 e. The topological polar surface area (TPSA) is 72.5 Å². The molecule has 1 fully saturated rings. The van der Waals surface area contributed by atoms with Crippen molar-refractivity contribution in [2.75, 3.05) is 19.0 Å². The van der Waals surface area contributed by atoms with Crippen LogP contribution in [0.15, 0.2) is 0 Å². The Morgan fingerprint density at radius 2 is 2.29 bits per heavy atom. The minimum absolute atomic E-state index is 0.315. The number of nitrogens with zero attached hydrogens (tertiary/aromatic N) is 1. The van der Waals surface area contributed by atoms with Gasteiger partial charge in [0, 0.05) is 19.0 Å². The summed E-state index contributed by atoms with van der Waals surface area (Å²) in [6.07, 6.45) is 1.17. The summed E-state index contributed by atoms with van der Waals surface area (Å²) in [6.45, 7) is 0.809. The predicted molar refractivity (Wildman–Crippen MR) is 48.9 cm³/mol. The molecule has 0 aromatic heterocycles. The molecule has 0 bridgehead atoms. The molecule has 6 heteroatoms. The molecule has 1 saturated heterocycles. The van der Waals surface area contributed by atoms with E-state index in [1.807, 2.05) is 0 Å². The van der Waals surface area contributed by atoms with Crippen LogP contribution in [0.25, 0.3) is 0 Å². The van der Waals surface area contributed by atoms with Crippen LogP contribution in [0.4, 0.5) is 4.79 Å². The van der Waals surface area contributed by atoms with Gasteiger partial charge in [-0.3, -0.25) is 0 Å². The fourth-order valence-corrected chi connectivity index (χ4v) is 1.61. The van der Waals surface area contributed by atoms with Crippen molar-refractivity contribution in [1.82, 2.24) is 10.2 Å². The summed E-state index contributed by atoms with van der Waals surface area (Å²) in [4.78, 5) is 23.3. The molecule has 1 aliphatic rings. The maximum absolute atomic E-state index is 11.4. The monoisotopic (exact) mass is 219 g/mol. The number of nitrogens with one attached hydrogen (secondary N) is 1. The summed E-state index contributed by atoms with van der Waals surface area (Å²) in [5.41, 5.74) is 0. The lowest BCUT2D eigenvalue weighted by atomic mass is 10.2. The zero-order chi connectivity index (χ0) is 10.6. The maximum atomic E-state index is 11.4. The first kappa shape index (κ1) is 11.1. The molecule has 1 N–H and O–H groups in total. The Morgan fingerprint density at radius 1 is 1.57 bits per heavy atom. The summed E-state index contributed by atoms with van der Waals surface area (Å²) in [7, 11) is 0. The Balaban J connectivity index is 2.49. The standard InChI is InChI=1S/C8H13ClN2O3/c9-3-4-10-8(14)11-5-1-2-6(11)7(12)13/h6H,1-5H2,(H,10,14)(H,12,13)/p-1/t6-/m0/s1. The van der Waals surface area contributed by atoms with Crippen molar-refractivity contribution in [3.8, 4) is 0 Å². The quantitative estimate of drug-likeness (QED) is 0.629. The summed E-state index contributed by atoms with van der Waals surface area (Å²) in [6, 6.07) is -1.16. The van der Waals surface area contributed by atoms with Crippen molar-refractivity contribution < 1.29 is 14.7 Å². The molecule has 5 nitrogen and oxygen atoms in total. The molecule has 0 spiro atoms. The largest absolute Gasteiger partial charge is 0.548 e. The van der Waals surface area contributed by atoms with Crippen LogP contribution in [0.5, 0.6) is 0 Å². The van der Waals surface area contributed by atoms with Crippen LogP contribution >= 0.6 is 11.6 Å². The molecule has 0 aromatic carbocycles. The molecule has 1 aliphatic heterocycles. The fraction of sp³-hybridized carbons (Fsp3) is 0.750. The second kappa shape index (κ2) is 5.05. The first-order valence-electron chi connectivity index (χ1n) is 4.48. The van der Waals surface area contributed by atoms with Gasteiger partial charge in [-0.1, -0.05) is 0 Å². The number of amides is 2. The van der Waals surface area contributed by atoms with E-state index < -0.39 is 12.0 Å². The Kier molecular flexibility index (Phi) is 4.00. The molecule has 2 amide bonds. The van der Waals surface area contributed by atoms with Crippen molar-refractivity contribution in [3.63, 3.8) is 0 Å². The number of carboxylic acid groups (broad SMARTS) is 1. The first-order chi connectivity index (χ1) is 6.66. The minimum Gasteiger partial charge on any atom is -0.548 e. The second-order valence-corrected chi connectivity index (χ2v) is 3.47. The molecule has 80 valence electrons. The zero-order valence-corrected chi connectivity index (χ0v) is 8.42. The Bertz CT molecular complexity index is 235. The Morgan fingerprint density at radius 3 is 2.86 bits per heavy atom. The number of likely N-dealkylation sites (tertiary alicyclic amines) is 1. The van der Waals surface area contributed by atoms with Gasteiger partial charge < -0.3 is 20.1 Å². The average molecular weight is 220 g/mol. The van der Waals surface area contributed by atoms with Crippen molar-refractivity contribution in [1.29, 1.82) is 0 Å².